The van der Waals surface area contributed by atoms with Crippen molar-refractivity contribution in [3.63, 3.8) is 0 Å². The van der Waals surface area contributed by atoms with E-state index < -0.39 is 15.1 Å². The Bertz CT molecular complexity index is 303. The fourth-order valence-electron chi connectivity index (χ4n) is 1.31. The van der Waals surface area contributed by atoms with Gasteiger partial charge in [0.2, 0.25) is 0 Å². The van der Waals surface area contributed by atoms with Gasteiger partial charge in [-0.1, -0.05) is 12.1 Å². The minimum Gasteiger partial charge on any atom is -0.411 e. The summed E-state index contributed by atoms with van der Waals surface area (Å²) in [6.45, 7) is 3.19. The van der Waals surface area contributed by atoms with Gasteiger partial charge in [0, 0.05) is 11.7 Å². The van der Waals surface area contributed by atoms with E-state index in [0.717, 1.165) is 12.8 Å². The third-order valence-corrected chi connectivity index (χ3v) is 4.59. The van der Waals surface area contributed by atoms with Crippen LogP contribution in [0.2, 0.25) is 0 Å². The van der Waals surface area contributed by atoms with Gasteiger partial charge < -0.3 is 5.21 Å². The molecule has 0 aromatic carbocycles. The summed E-state index contributed by atoms with van der Waals surface area (Å²) in [6.07, 6.45) is 1.89. The van der Waals surface area contributed by atoms with Crippen molar-refractivity contribution in [2.75, 3.05) is 5.75 Å². The van der Waals surface area contributed by atoms with Gasteiger partial charge in [-0.25, -0.2) is 8.42 Å². The van der Waals surface area contributed by atoms with E-state index in [1.165, 1.54) is 0 Å². The molecule has 1 unspecified atom stereocenters. The SMILES string of the molecule is CCS(=O)(=O)C(C)/C(=N/O)C1CC1. The van der Waals surface area contributed by atoms with Gasteiger partial charge in [-0.05, 0) is 19.8 Å². The van der Waals surface area contributed by atoms with E-state index in [9.17, 15) is 8.42 Å². The van der Waals surface area contributed by atoms with Crippen LogP contribution in [-0.2, 0) is 9.84 Å². The molecule has 1 rings (SSSR count). The largest absolute Gasteiger partial charge is 0.411 e. The van der Waals surface area contributed by atoms with Crippen molar-refractivity contribution in [2.24, 2.45) is 11.1 Å². The Balaban J connectivity index is 2.81. The van der Waals surface area contributed by atoms with E-state index in [4.69, 9.17) is 5.21 Å². The molecule has 13 heavy (non-hydrogen) atoms. The molecule has 0 aromatic heterocycles. The van der Waals surface area contributed by atoms with Crippen LogP contribution < -0.4 is 0 Å². The highest BCUT2D eigenvalue weighted by atomic mass is 32.2. The monoisotopic (exact) mass is 205 g/mol. The van der Waals surface area contributed by atoms with Gasteiger partial charge in [-0.2, -0.15) is 0 Å². The number of rotatable bonds is 4. The molecule has 1 aliphatic rings. The highest BCUT2D eigenvalue weighted by Crippen LogP contribution is 2.33. The lowest BCUT2D eigenvalue weighted by Crippen LogP contribution is -2.30. The van der Waals surface area contributed by atoms with E-state index in [-0.39, 0.29) is 11.7 Å². The normalized spacial score (nSPS) is 21.5. The third-order valence-electron chi connectivity index (χ3n) is 2.47. The first-order valence-electron chi connectivity index (χ1n) is 4.46. The van der Waals surface area contributed by atoms with E-state index in [1.807, 2.05) is 0 Å². The molecule has 1 saturated carbocycles. The number of hydrogen-bond acceptors (Lipinski definition) is 4. The molecule has 1 atom stereocenters. The molecule has 1 aliphatic carbocycles. The molecule has 0 saturated heterocycles. The van der Waals surface area contributed by atoms with Crippen molar-refractivity contribution in [3.05, 3.63) is 0 Å². The Kier molecular flexibility index (Phi) is 2.95. The van der Waals surface area contributed by atoms with Gasteiger partial charge in [0.05, 0.1) is 5.71 Å². The molecule has 0 bridgehead atoms. The van der Waals surface area contributed by atoms with Crippen LogP contribution in [0.4, 0.5) is 0 Å². The van der Waals surface area contributed by atoms with Crippen molar-refractivity contribution in [1.29, 1.82) is 0 Å². The highest BCUT2D eigenvalue weighted by molar-refractivity contribution is 7.92. The van der Waals surface area contributed by atoms with Crippen molar-refractivity contribution >= 4 is 15.5 Å². The fraction of sp³-hybridized carbons (Fsp3) is 0.875. The first kappa shape index (κ1) is 10.5. The summed E-state index contributed by atoms with van der Waals surface area (Å²) in [5.41, 5.74) is 0.432. The molecule has 1 N–H and O–H groups in total. The standard InChI is InChI=1S/C8H15NO3S/c1-3-13(11,12)6(2)8(9-10)7-4-5-7/h6-7,10H,3-5H2,1-2H3/b9-8-. The molecule has 5 heteroatoms. The van der Waals surface area contributed by atoms with Gasteiger partial charge in [0.15, 0.2) is 9.84 Å². The van der Waals surface area contributed by atoms with Crippen LogP contribution in [0.15, 0.2) is 5.16 Å². The molecule has 0 amide bonds. The van der Waals surface area contributed by atoms with Gasteiger partial charge in [-0.15, -0.1) is 0 Å². The molecule has 0 aromatic rings. The van der Waals surface area contributed by atoms with Gasteiger partial charge in [-0.3, -0.25) is 0 Å². The summed E-state index contributed by atoms with van der Waals surface area (Å²) in [7, 11) is -3.11. The maximum atomic E-state index is 11.4. The van der Waals surface area contributed by atoms with E-state index >= 15 is 0 Å². The van der Waals surface area contributed by atoms with Crippen LogP contribution in [0.1, 0.15) is 26.7 Å². The Hall–Kier alpha value is -0.580. The second kappa shape index (κ2) is 3.65. The van der Waals surface area contributed by atoms with Gasteiger partial charge in [0.1, 0.15) is 5.25 Å². The molecule has 1 fully saturated rings. The minimum atomic E-state index is -3.11. The first-order chi connectivity index (χ1) is 6.03. The predicted molar refractivity (Wildman–Crippen MR) is 50.9 cm³/mol. The molecule has 76 valence electrons. The summed E-state index contributed by atoms with van der Waals surface area (Å²) in [6, 6.07) is 0. The van der Waals surface area contributed by atoms with Crippen molar-refractivity contribution in [1.82, 2.24) is 0 Å². The van der Waals surface area contributed by atoms with Crippen LogP contribution in [0.5, 0.6) is 0 Å². The zero-order valence-corrected chi connectivity index (χ0v) is 8.71. The van der Waals surface area contributed by atoms with Crippen LogP contribution in [0, 0.1) is 5.92 Å². The molecule has 0 radical (unpaired) electrons. The Morgan fingerprint density at radius 1 is 1.62 bits per heavy atom. The quantitative estimate of drug-likeness (QED) is 0.424. The van der Waals surface area contributed by atoms with Crippen molar-refractivity contribution in [3.8, 4) is 0 Å². The topological polar surface area (TPSA) is 66.7 Å². The fourth-order valence-corrected chi connectivity index (χ4v) is 2.42. The van der Waals surface area contributed by atoms with E-state index in [1.54, 1.807) is 13.8 Å². The molecule has 0 spiro atoms. The summed E-state index contributed by atoms with van der Waals surface area (Å²) in [5, 5.41) is 11.2. The summed E-state index contributed by atoms with van der Waals surface area (Å²) < 4.78 is 22.9. The van der Waals surface area contributed by atoms with Gasteiger partial charge in [0.25, 0.3) is 0 Å². The number of nitrogens with zero attached hydrogens (tertiary/aromatic N) is 1. The molecular formula is C8H15NO3S. The smallest absolute Gasteiger partial charge is 0.158 e. The maximum absolute atomic E-state index is 11.4. The third kappa shape index (κ3) is 2.21. The second-order valence-corrected chi connectivity index (χ2v) is 6.00. The second-order valence-electron chi connectivity index (χ2n) is 3.39. The molecular weight excluding hydrogens is 190 g/mol. The Morgan fingerprint density at radius 3 is 2.46 bits per heavy atom. The number of sulfone groups is 1. The number of oxime groups is 1. The van der Waals surface area contributed by atoms with E-state index in [0.29, 0.717) is 5.71 Å². The lowest BCUT2D eigenvalue weighted by Gasteiger charge is -2.11. The lowest BCUT2D eigenvalue weighted by atomic mass is 10.2. The highest BCUT2D eigenvalue weighted by Gasteiger charge is 2.36. The zero-order valence-electron chi connectivity index (χ0n) is 7.90. The maximum Gasteiger partial charge on any atom is 0.158 e. The number of hydrogen-bond donors (Lipinski definition) is 1. The lowest BCUT2D eigenvalue weighted by molar-refractivity contribution is 0.316. The van der Waals surface area contributed by atoms with Crippen LogP contribution in [0.3, 0.4) is 0 Å². The summed E-state index contributed by atoms with van der Waals surface area (Å²) in [4.78, 5) is 0. The minimum absolute atomic E-state index is 0.0971. The summed E-state index contributed by atoms with van der Waals surface area (Å²) in [5.74, 6) is 0.293. The molecule has 0 aliphatic heterocycles. The molecule has 4 nitrogen and oxygen atoms in total. The predicted octanol–water partition coefficient (Wildman–Crippen LogP) is 1.05. The first-order valence-corrected chi connectivity index (χ1v) is 6.18. The van der Waals surface area contributed by atoms with Gasteiger partial charge >= 0.3 is 0 Å². The van der Waals surface area contributed by atoms with Crippen LogP contribution >= 0.6 is 0 Å². The van der Waals surface area contributed by atoms with Crippen LogP contribution in [0.25, 0.3) is 0 Å². The zero-order chi connectivity index (χ0) is 10.1. The van der Waals surface area contributed by atoms with Crippen molar-refractivity contribution < 1.29 is 13.6 Å². The average Bonchev–Trinajstić information content (AvgIpc) is 2.89. The Labute approximate surface area is 78.6 Å². The molecule has 0 heterocycles. The van der Waals surface area contributed by atoms with Crippen LogP contribution in [-0.4, -0.2) is 30.3 Å². The average molecular weight is 205 g/mol. The Morgan fingerprint density at radius 2 is 2.15 bits per heavy atom. The van der Waals surface area contributed by atoms with E-state index in [2.05, 4.69) is 5.16 Å². The van der Waals surface area contributed by atoms with Crippen molar-refractivity contribution in [2.45, 2.75) is 31.9 Å². The summed E-state index contributed by atoms with van der Waals surface area (Å²) >= 11 is 0.